The number of rotatable bonds is 4. The average Bonchev–Trinajstić information content (AvgIpc) is 2.31. The van der Waals surface area contributed by atoms with Gasteiger partial charge < -0.3 is 9.84 Å². The molecule has 1 N–H and O–H groups in total. The quantitative estimate of drug-likeness (QED) is 0.518. The molecule has 0 amide bonds. The Kier molecular flexibility index (Phi) is 5.39. The van der Waals surface area contributed by atoms with Crippen LogP contribution < -0.4 is 0 Å². The summed E-state index contributed by atoms with van der Waals surface area (Å²) in [6.45, 7) is 3.59. The highest BCUT2D eigenvalue weighted by atomic mass is 35.5. The minimum absolute atomic E-state index is 0.156. The zero-order valence-electron chi connectivity index (χ0n) is 10.2. The van der Waals surface area contributed by atoms with Crippen molar-refractivity contribution >= 4 is 29.5 Å². The van der Waals surface area contributed by atoms with Crippen molar-refractivity contribution in [2.24, 2.45) is 4.99 Å². The fourth-order valence-corrected chi connectivity index (χ4v) is 1.29. The molecule has 1 aromatic rings. The Labute approximate surface area is 111 Å². The molecule has 0 aliphatic heterocycles. The van der Waals surface area contributed by atoms with Crippen molar-refractivity contribution in [3.05, 3.63) is 34.9 Å². The third-order valence-corrected chi connectivity index (χ3v) is 2.26. The minimum atomic E-state index is -0.507. The van der Waals surface area contributed by atoms with Crippen LogP contribution in [-0.4, -0.2) is 23.9 Å². The molecular weight excluding hydrogens is 254 g/mol. The Morgan fingerprint density at radius 2 is 2.06 bits per heavy atom. The molecule has 0 aliphatic carbocycles. The van der Waals surface area contributed by atoms with E-state index in [-0.39, 0.29) is 17.9 Å². The van der Waals surface area contributed by atoms with Gasteiger partial charge in [-0.25, -0.2) is 4.79 Å². The summed E-state index contributed by atoms with van der Waals surface area (Å²) < 4.78 is 4.86. The maximum absolute atomic E-state index is 11.6. The van der Waals surface area contributed by atoms with Crippen molar-refractivity contribution in [2.75, 3.05) is 6.61 Å². The summed E-state index contributed by atoms with van der Waals surface area (Å²) in [6.07, 6.45) is 1.35. The predicted molar refractivity (Wildman–Crippen MR) is 71.4 cm³/mol. The Morgan fingerprint density at radius 1 is 1.44 bits per heavy atom. The van der Waals surface area contributed by atoms with E-state index in [1.807, 2.05) is 0 Å². The molecule has 0 aromatic heterocycles. The minimum Gasteiger partial charge on any atom is -0.508 e. The molecule has 1 rings (SSSR count). The van der Waals surface area contributed by atoms with Crippen LogP contribution in [-0.2, 0) is 9.53 Å². The third-order valence-electron chi connectivity index (χ3n) is 2.06. The summed E-state index contributed by atoms with van der Waals surface area (Å²) in [4.78, 5) is 15.7. The number of nitrogens with zero attached hydrogens (tertiary/aromatic N) is 1. The highest BCUT2D eigenvalue weighted by Gasteiger charge is 2.10. The monoisotopic (exact) mass is 267 g/mol. The first-order valence-electron chi connectivity index (χ1n) is 5.41. The molecule has 0 unspecified atom stereocenters. The van der Waals surface area contributed by atoms with Crippen LogP contribution in [0.2, 0.25) is 0 Å². The second-order valence-corrected chi connectivity index (χ2v) is 4.01. The number of ether oxygens (including phenoxy) is 1. The molecule has 0 atom stereocenters. The van der Waals surface area contributed by atoms with Crippen molar-refractivity contribution in [3.63, 3.8) is 0 Å². The molecule has 4 nitrogen and oxygen atoms in total. The van der Waals surface area contributed by atoms with E-state index in [9.17, 15) is 4.79 Å². The largest absolute Gasteiger partial charge is 0.508 e. The fraction of sp³-hybridized carbons (Fsp3) is 0.231. The van der Waals surface area contributed by atoms with Gasteiger partial charge in [-0.2, -0.15) is 0 Å². The van der Waals surface area contributed by atoms with Crippen LogP contribution in [0.15, 0.2) is 39.9 Å². The van der Waals surface area contributed by atoms with E-state index in [1.54, 1.807) is 26.0 Å². The Morgan fingerprint density at radius 3 is 2.56 bits per heavy atom. The summed E-state index contributed by atoms with van der Waals surface area (Å²) in [7, 11) is 0. The number of esters is 1. The SMILES string of the molecule is CCOC(=O)/C(C=Nc1ccc(O)cc1)=C(\C)Cl. The lowest BCUT2D eigenvalue weighted by Gasteiger charge is -2.02. The van der Waals surface area contributed by atoms with Gasteiger partial charge in [0.25, 0.3) is 0 Å². The molecule has 96 valence electrons. The van der Waals surface area contributed by atoms with Crippen LogP contribution in [0.4, 0.5) is 5.69 Å². The van der Waals surface area contributed by atoms with E-state index in [0.717, 1.165) is 0 Å². The number of hydrogen-bond donors (Lipinski definition) is 1. The van der Waals surface area contributed by atoms with Crippen molar-refractivity contribution in [1.82, 2.24) is 0 Å². The molecule has 0 bridgehead atoms. The first kappa shape index (κ1) is 14.3. The number of halogens is 1. The van der Waals surface area contributed by atoms with E-state index < -0.39 is 5.97 Å². The van der Waals surface area contributed by atoms with E-state index in [2.05, 4.69) is 4.99 Å². The van der Waals surface area contributed by atoms with E-state index >= 15 is 0 Å². The molecule has 0 saturated carbocycles. The molecule has 1 aromatic carbocycles. The lowest BCUT2D eigenvalue weighted by atomic mass is 10.2. The predicted octanol–water partition coefficient (Wildman–Crippen LogP) is 3.17. The number of benzene rings is 1. The van der Waals surface area contributed by atoms with Gasteiger partial charge in [0.05, 0.1) is 17.9 Å². The van der Waals surface area contributed by atoms with Crippen LogP contribution in [0.5, 0.6) is 5.75 Å². The van der Waals surface area contributed by atoms with E-state index in [0.29, 0.717) is 10.7 Å². The van der Waals surface area contributed by atoms with Gasteiger partial charge in [-0.3, -0.25) is 4.99 Å². The zero-order valence-corrected chi connectivity index (χ0v) is 10.9. The second-order valence-electron chi connectivity index (χ2n) is 3.44. The van der Waals surface area contributed by atoms with Gasteiger partial charge >= 0.3 is 5.97 Å². The Balaban J connectivity index is 2.88. The number of phenols is 1. The Bertz CT molecular complexity index is 474. The molecule has 0 heterocycles. The maximum atomic E-state index is 11.6. The molecule has 0 radical (unpaired) electrons. The summed E-state index contributed by atoms with van der Waals surface area (Å²) >= 11 is 5.81. The number of carbonyl (C=O) groups is 1. The van der Waals surface area contributed by atoms with Gasteiger partial charge in [-0.1, -0.05) is 11.6 Å². The summed E-state index contributed by atoms with van der Waals surface area (Å²) in [6, 6.07) is 6.26. The van der Waals surface area contributed by atoms with Gasteiger partial charge in [-0.15, -0.1) is 0 Å². The Hall–Kier alpha value is -1.81. The molecule has 0 aliphatic rings. The van der Waals surface area contributed by atoms with Gasteiger partial charge in [0, 0.05) is 11.2 Å². The van der Waals surface area contributed by atoms with Crippen molar-refractivity contribution in [1.29, 1.82) is 0 Å². The zero-order chi connectivity index (χ0) is 13.5. The second kappa shape index (κ2) is 6.81. The number of hydrogen-bond acceptors (Lipinski definition) is 4. The first-order valence-corrected chi connectivity index (χ1v) is 5.79. The van der Waals surface area contributed by atoms with Crippen LogP contribution >= 0.6 is 11.6 Å². The van der Waals surface area contributed by atoms with E-state index in [1.165, 1.54) is 18.3 Å². The summed E-state index contributed by atoms with van der Waals surface area (Å²) in [5.41, 5.74) is 0.819. The smallest absolute Gasteiger partial charge is 0.340 e. The lowest BCUT2D eigenvalue weighted by Crippen LogP contribution is -2.09. The van der Waals surface area contributed by atoms with Crippen molar-refractivity contribution in [3.8, 4) is 5.75 Å². The van der Waals surface area contributed by atoms with Crippen LogP contribution in [0.3, 0.4) is 0 Å². The highest BCUT2D eigenvalue weighted by molar-refractivity contribution is 6.34. The molecular formula is C13H14ClNO3. The highest BCUT2D eigenvalue weighted by Crippen LogP contribution is 2.17. The average molecular weight is 268 g/mol. The molecule has 0 fully saturated rings. The van der Waals surface area contributed by atoms with Crippen molar-refractivity contribution < 1.29 is 14.6 Å². The van der Waals surface area contributed by atoms with Crippen LogP contribution in [0.1, 0.15) is 13.8 Å². The molecule has 0 spiro atoms. The standard InChI is InChI=1S/C13H14ClNO3/c1-3-18-13(17)12(9(2)14)8-15-10-4-6-11(16)7-5-10/h4-8,16H,3H2,1-2H3/b12-9+,15-8?. The fourth-order valence-electron chi connectivity index (χ4n) is 1.17. The third kappa shape index (κ3) is 4.22. The molecule has 18 heavy (non-hydrogen) atoms. The molecule has 5 heteroatoms. The number of carbonyl (C=O) groups excluding carboxylic acids is 1. The topological polar surface area (TPSA) is 58.9 Å². The van der Waals surface area contributed by atoms with Crippen LogP contribution in [0, 0.1) is 0 Å². The van der Waals surface area contributed by atoms with Gasteiger partial charge in [0.15, 0.2) is 0 Å². The van der Waals surface area contributed by atoms with Gasteiger partial charge in [0.1, 0.15) is 5.75 Å². The lowest BCUT2D eigenvalue weighted by molar-refractivity contribution is -0.137. The van der Waals surface area contributed by atoms with Gasteiger partial charge in [0.2, 0.25) is 0 Å². The maximum Gasteiger partial charge on any atom is 0.340 e. The van der Waals surface area contributed by atoms with Crippen molar-refractivity contribution in [2.45, 2.75) is 13.8 Å². The van der Waals surface area contributed by atoms with Crippen LogP contribution in [0.25, 0.3) is 0 Å². The first-order chi connectivity index (χ1) is 8.54. The number of aromatic hydroxyl groups is 1. The summed E-state index contributed by atoms with van der Waals surface area (Å²) in [5, 5.41) is 9.44. The number of allylic oxidation sites excluding steroid dienone is 1. The van der Waals surface area contributed by atoms with E-state index in [4.69, 9.17) is 21.4 Å². The molecule has 0 saturated heterocycles. The number of aliphatic imine (C=N–C) groups is 1. The number of phenolic OH excluding ortho intramolecular Hbond substituents is 1. The van der Waals surface area contributed by atoms with Gasteiger partial charge in [-0.05, 0) is 38.1 Å². The summed E-state index contributed by atoms with van der Waals surface area (Å²) in [5.74, 6) is -0.351. The normalized spacial score (nSPS) is 12.4.